The van der Waals surface area contributed by atoms with Crippen LogP contribution < -0.4 is 5.73 Å². The third kappa shape index (κ3) is 2.88. The van der Waals surface area contributed by atoms with Gasteiger partial charge in [-0.05, 0) is 33.0 Å². The molecule has 0 amide bonds. The summed E-state index contributed by atoms with van der Waals surface area (Å²) in [4.78, 5) is 9.36. The third-order valence-electron chi connectivity index (χ3n) is 3.73. The normalized spacial score (nSPS) is 25.9. The fourth-order valence-electron chi connectivity index (χ4n) is 2.86. The maximum atomic E-state index is 6.20. The molecule has 3 atom stereocenters. The second-order valence-electron chi connectivity index (χ2n) is 5.41. The van der Waals surface area contributed by atoms with E-state index in [9.17, 15) is 0 Å². The molecule has 0 aromatic carbocycles. The van der Waals surface area contributed by atoms with Crippen LogP contribution in [0.2, 0.25) is 0 Å². The molecule has 4 nitrogen and oxygen atoms in total. The molecule has 100 valence electrons. The van der Waals surface area contributed by atoms with Crippen LogP contribution in [-0.2, 0) is 0 Å². The summed E-state index contributed by atoms with van der Waals surface area (Å²) in [6.07, 6.45) is 1.85. The van der Waals surface area contributed by atoms with E-state index in [1.165, 1.54) is 0 Å². The number of aromatic nitrogens is 1. The molecule has 2 rings (SSSR count). The van der Waals surface area contributed by atoms with Crippen molar-refractivity contribution < 1.29 is 0 Å². The average Bonchev–Trinajstić information content (AvgIpc) is 2.33. The number of hydrogen-bond acceptors (Lipinski definition) is 4. The van der Waals surface area contributed by atoms with Crippen LogP contribution in [0.15, 0.2) is 24.4 Å². The zero-order valence-corrected chi connectivity index (χ0v) is 11.6. The van der Waals surface area contributed by atoms with E-state index in [0.29, 0.717) is 6.04 Å². The van der Waals surface area contributed by atoms with Crippen LogP contribution >= 0.6 is 0 Å². The Hall–Kier alpha value is -0.970. The lowest BCUT2D eigenvalue weighted by Gasteiger charge is -2.44. The van der Waals surface area contributed by atoms with Crippen molar-refractivity contribution in [1.29, 1.82) is 0 Å². The number of piperazine rings is 1. The molecule has 2 heterocycles. The highest BCUT2D eigenvalue weighted by atomic mass is 15.3. The Kier molecular flexibility index (Phi) is 4.32. The Bertz CT molecular complexity index is 365. The van der Waals surface area contributed by atoms with Gasteiger partial charge in [-0.1, -0.05) is 6.07 Å². The molecule has 0 bridgehead atoms. The summed E-state index contributed by atoms with van der Waals surface area (Å²) in [7, 11) is 2.18. The summed E-state index contributed by atoms with van der Waals surface area (Å²) in [6.45, 7) is 7.59. The third-order valence-corrected chi connectivity index (χ3v) is 3.73. The van der Waals surface area contributed by atoms with Crippen molar-refractivity contribution in [2.24, 2.45) is 5.73 Å². The minimum atomic E-state index is 0.0887. The van der Waals surface area contributed by atoms with Gasteiger partial charge >= 0.3 is 0 Å². The molecule has 1 fully saturated rings. The Morgan fingerprint density at radius 2 is 2.17 bits per heavy atom. The van der Waals surface area contributed by atoms with E-state index in [4.69, 9.17) is 5.73 Å². The van der Waals surface area contributed by atoms with Gasteiger partial charge in [0.25, 0.3) is 0 Å². The lowest BCUT2D eigenvalue weighted by atomic mass is 10.0. The molecule has 1 saturated heterocycles. The molecule has 0 spiro atoms. The quantitative estimate of drug-likeness (QED) is 0.870. The topological polar surface area (TPSA) is 45.4 Å². The first-order valence-corrected chi connectivity index (χ1v) is 6.70. The van der Waals surface area contributed by atoms with Crippen molar-refractivity contribution in [2.45, 2.75) is 32.0 Å². The van der Waals surface area contributed by atoms with Crippen molar-refractivity contribution >= 4 is 0 Å². The van der Waals surface area contributed by atoms with Crippen molar-refractivity contribution in [3.8, 4) is 0 Å². The number of nitrogens with zero attached hydrogens (tertiary/aromatic N) is 3. The van der Waals surface area contributed by atoms with Gasteiger partial charge in [0.15, 0.2) is 0 Å². The van der Waals surface area contributed by atoms with Gasteiger partial charge < -0.3 is 10.6 Å². The van der Waals surface area contributed by atoms with Gasteiger partial charge in [-0.25, -0.2) is 0 Å². The zero-order chi connectivity index (χ0) is 13.1. The molecule has 1 aromatic rings. The minimum absolute atomic E-state index is 0.0887. The van der Waals surface area contributed by atoms with E-state index in [0.717, 1.165) is 25.3 Å². The molecule has 1 aromatic heterocycles. The predicted octanol–water partition coefficient (Wildman–Crippen LogP) is 1.11. The fraction of sp³-hybridized carbons (Fsp3) is 0.643. The average molecular weight is 248 g/mol. The van der Waals surface area contributed by atoms with Gasteiger partial charge in [-0.2, -0.15) is 0 Å². The number of hydrogen-bond donors (Lipinski definition) is 1. The van der Waals surface area contributed by atoms with Crippen LogP contribution in [0.1, 0.15) is 25.6 Å². The van der Waals surface area contributed by atoms with E-state index in [-0.39, 0.29) is 12.1 Å². The molecule has 0 radical (unpaired) electrons. The summed E-state index contributed by atoms with van der Waals surface area (Å²) in [5.74, 6) is 0. The predicted molar refractivity (Wildman–Crippen MR) is 74.3 cm³/mol. The van der Waals surface area contributed by atoms with Gasteiger partial charge in [-0.3, -0.25) is 9.88 Å². The van der Waals surface area contributed by atoms with Crippen molar-refractivity contribution in [3.05, 3.63) is 30.1 Å². The Morgan fingerprint density at radius 3 is 2.72 bits per heavy atom. The van der Waals surface area contributed by atoms with Crippen LogP contribution in [0, 0.1) is 0 Å². The number of likely N-dealkylation sites (N-methyl/N-ethyl adjacent to an activating group) is 1. The second kappa shape index (κ2) is 5.78. The van der Waals surface area contributed by atoms with Gasteiger partial charge in [-0.15, -0.1) is 0 Å². The highest BCUT2D eigenvalue weighted by Gasteiger charge is 2.31. The summed E-state index contributed by atoms with van der Waals surface area (Å²) in [6, 6.07) is 6.90. The Morgan fingerprint density at radius 1 is 1.39 bits per heavy atom. The zero-order valence-electron chi connectivity index (χ0n) is 11.6. The Labute approximate surface area is 110 Å². The second-order valence-corrected chi connectivity index (χ2v) is 5.41. The lowest BCUT2D eigenvalue weighted by molar-refractivity contribution is 0.0504. The molecular formula is C14H24N4. The van der Waals surface area contributed by atoms with Crippen LogP contribution in [-0.4, -0.2) is 53.5 Å². The highest BCUT2D eigenvalue weighted by Crippen LogP contribution is 2.25. The molecule has 4 heteroatoms. The molecule has 18 heavy (non-hydrogen) atoms. The van der Waals surface area contributed by atoms with Crippen molar-refractivity contribution in [3.63, 3.8) is 0 Å². The Balaban J connectivity index is 2.21. The van der Waals surface area contributed by atoms with Gasteiger partial charge in [0, 0.05) is 37.9 Å². The summed E-state index contributed by atoms with van der Waals surface area (Å²) in [5.41, 5.74) is 7.29. The molecule has 1 aliphatic rings. The smallest absolute Gasteiger partial charge is 0.0674 e. The molecule has 0 saturated carbocycles. The molecule has 0 aliphatic carbocycles. The van der Waals surface area contributed by atoms with Crippen LogP contribution in [0.25, 0.3) is 0 Å². The first kappa shape index (κ1) is 13.5. The van der Waals surface area contributed by atoms with Crippen LogP contribution in [0.3, 0.4) is 0 Å². The van der Waals surface area contributed by atoms with Crippen molar-refractivity contribution in [1.82, 2.24) is 14.8 Å². The fourth-order valence-corrected chi connectivity index (χ4v) is 2.86. The number of pyridine rings is 1. The van der Waals surface area contributed by atoms with E-state index >= 15 is 0 Å². The molecular weight excluding hydrogens is 224 g/mol. The maximum Gasteiger partial charge on any atom is 0.0674 e. The van der Waals surface area contributed by atoms with E-state index in [1.807, 2.05) is 18.3 Å². The lowest BCUT2D eigenvalue weighted by Crippen LogP contribution is -2.54. The monoisotopic (exact) mass is 248 g/mol. The minimum Gasteiger partial charge on any atom is -0.326 e. The van der Waals surface area contributed by atoms with Gasteiger partial charge in [0.2, 0.25) is 0 Å². The molecule has 2 N–H and O–H groups in total. The van der Waals surface area contributed by atoms with E-state index in [1.54, 1.807) is 0 Å². The highest BCUT2D eigenvalue weighted by molar-refractivity contribution is 5.12. The number of rotatable bonds is 3. The SMILES string of the molecule is CC(N)C(c1ccccn1)N1CCN(C)CC1C. The summed E-state index contributed by atoms with van der Waals surface area (Å²) >= 11 is 0. The summed E-state index contributed by atoms with van der Waals surface area (Å²) < 4.78 is 0. The first-order chi connectivity index (χ1) is 8.59. The van der Waals surface area contributed by atoms with E-state index in [2.05, 4.69) is 41.7 Å². The molecule has 1 aliphatic heterocycles. The van der Waals surface area contributed by atoms with Gasteiger partial charge in [0.05, 0.1) is 11.7 Å². The molecule has 3 unspecified atom stereocenters. The van der Waals surface area contributed by atoms with Crippen LogP contribution in [0.5, 0.6) is 0 Å². The standard InChI is InChI=1S/C14H24N4/c1-11-10-17(3)8-9-18(11)14(12(2)15)13-6-4-5-7-16-13/h4-7,11-12,14H,8-10,15H2,1-3H3. The number of nitrogens with two attached hydrogens (primary N) is 1. The van der Waals surface area contributed by atoms with Crippen LogP contribution in [0.4, 0.5) is 0 Å². The first-order valence-electron chi connectivity index (χ1n) is 6.70. The summed E-state index contributed by atoms with van der Waals surface area (Å²) in [5, 5.41) is 0. The van der Waals surface area contributed by atoms with Crippen molar-refractivity contribution in [2.75, 3.05) is 26.7 Å². The van der Waals surface area contributed by atoms with Gasteiger partial charge in [0.1, 0.15) is 0 Å². The maximum absolute atomic E-state index is 6.20. The largest absolute Gasteiger partial charge is 0.326 e. The van der Waals surface area contributed by atoms with E-state index < -0.39 is 0 Å².